The van der Waals surface area contributed by atoms with Crippen molar-refractivity contribution in [2.75, 3.05) is 7.05 Å². The molecule has 0 aromatic heterocycles. The Bertz CT molecular complexity index is 650. The summed E-state index contributed by atoms with van der Waals surface area (Å²) in [5.74, 6) is -0.669. The first kappa shape index (κ1) is 14.3. The zero-order valence-electron chi connectivity index (χ0n) is 11.3. The molecular formula is C16H14ClNO2. The molecule has 0 saturated heterocycles. The number of halogens is 1. The van der Waals surface area contributed by atoms with Gasteiger partial charge in [-0.25, -0.2) is 0 Å². The van der Waals surface area contributed by atoms with Crippen LogP contribution in [0.5, 0.6) is 0 Å². The van der Waals surface area contributed by atoms with Gasteiger partial charge in [0.05, 0.1) is 0 Å². The first-order valence-corrected chi connectivity index (χ1v) is 6.52. The lowest BCUT2D eigenvalue weighted by Crippen LogP contribution is -2.33. The van der Waals surface area contributed by atoms with Gasteiger partial charge in [-0.05, 0) is 42.8 Å². The molecule has 4 heteroatoms. The monoisotopic (exact) mass is 287 g/mol. The minimum absolute atomic E-state index is 0.317. The van der Waals surface area contributed by atoms with E-state index in [2.05, 4.69) is 0 Å². The number of benzene rings is 2. The molecule has 0 atom stereocenters. The summed E-state index contributed by atoms with van der Waals surface area (Å²) in [6.45, 7) is 1.84. The van der Waals surface area contributed by atoms with E-state index in [9.17, 15) is 9.59 Å². The van der Waals surface area contributed by atoms with Gasteiger partial charge in [0.15, 0.2) is 0 Å². The molecule has 0 N–H and O–H groups in total. The average molecular weight is 288 g/mol. The summed E-state index contributed by atoms with van der Waals surface area (Å²) in [5.41, 5.74) is 1.80. The molecule has 2 aromatic rings. The fourth-order valence-corrected chi connectivity index (χ4v) is 2.00. The first-order valence-electron chi connectivity index (χ1n) is 6.14. The quantitative estimate of drug-likeness (QED) is 0.792. The summed E-state index contributed by atoms with van der Waals surface area (Å²) in [7, 11) is 1.48. The van der Waals surface area contributed by atoms with E-state index in [4.69, 9.17) is 11.6 Å². The molecule has 0 unspecified atom stereocenters. The fraction of sp³-hybridized carbons (Fsp3) is 0.125. The van der Waals surface area contributed by atoms with E-state index in [1.807, 2.05) is 19.1 Å². The van der Waals surface area contributed by atoms with Crippen LogP contribution in [-0.2, 0) is 0 Å². The van der Waals surface area contributed by atoms with E-state index >= 15 is 0 Å². The lowest BCUT2D eigenvalue weighted by Gasteiger charge is -2.16. The molecule has 0 fully saturated rings. The molecule has 0 aliphatic heterocycles. The van der Waals surface area contributed by atoms with Gasteiger partial charge in [0.2, 0.25) is 0 Å². The van der Waals surface area contributed by atoms with Gasteiger partial charge in [0.25, 0.3) is 11.8 Å². The highest BCUT2D eigenvalue weighted by molar-refractivity contribution is 6.30. The van der Waals surface area contributed by atoms with E-state index < -0.39 is 0 Å². The molecule has 0 spiro atoms. The molecule has 102 valence electrons. The van der Waals surface area contributed by atoms with E-state index in [1.54, 1.807) is 36.4 Å². The van der Waals surface area contributed by atoms with Crippen LogP contribution in [0.25, 0.3) is 0 Å². The fourth-order valence-electron chi connectivity index (χ4n) is 1.87. The summed E-state index contributed by atoms with van der Waals surface area (Å²) in [6.07, 6.45) is 0. The predicted molar refractivity (Wildman–Crippen MR) is 79.1 cm³/mol. The number of aryl methyl sites for hydroxylation is 1. The van der Waals surface area contributed by atoms with Crippen molar-refractivity contribution < 1.29 is 9.59 Å². The molecule has 0 aliphatic carbocycles. The van der Waals surface area contributed by atoms with Crippen LogP contribution >= 0.6 is 11.6 Å². The second-order valence-corrected chi connectivity index (χ2v) is 4.93. The number of carbonyl (C=O) groups excluding carboxylic acids is 2. The molecule has 0 heterocycles. The molecule has 2 rings (SSSR count). The Balaban J connectivity index is 2.25. The van der Waals surface area contributed by atoms with Gasteiger partial charge in [-0.1, -0.05) is 29.8 Å². The molecule has 3 nitrogen and oxygen atoms in total. The highest BCUT2D eigenvalue weighted by atomic mass is 35.5. The Labute approximate surface area is 122 Å². The number of hydrogen-bond donors (Lipinski definition) is 0. The smallest absolute Gasteiger partial charge is 0.260 e. The van der Waals surface area contributed by atoms with Gasteiger partial charge >= 0.3 is 0 Å². The lowest BCUT2D eigenvalue weighted by atomic mass is 10.1. The predicted octanol–water partition coefficient (Wildman–Crippen LogP) is 3.56. The van der Waals surface area contributed by atoms with Crippen molar-refractivity contribution in [1.29, 1.82) is 0 Å². The second-order valence-electron chi connectivity index (χ2n) is 4.49. The third-order valence-corrected chi connectivity index (χ3v) is 3.33. The van der Waals surface area contributed by atoms with Crippen molar-refractivity contribution in [2.45, 2.75) is 6.92 Å². The van der Waals surface area contributed by atoms with Gasteiger partial charge in [-0.2, -0.15) is 0 Å². The summed E-state index contributed by atoms with van der Waals surface area (Å²) < 4.78 is 0. The standard InChI is InChI=1S/C16H14ClNO2/c1-11-5-3-4-6-14(11)16(20)18(2)15(19)12-7-9-13(17)10-8-12/h3-10H,1-2H3. The van der Waals surface area contributed by atoms with Gasteiger partial charge < -0.3 is 0 Å². The van der Waals surface area contributed by atoms with Crippen LogP contribution in [0.2, 0.25) is 5.02 Å². The molecule has 0 bridgehead atoms. The highest BCUT2D eigenvalue weighted by Crippen LogP contribution is 2.14. The molecule has 0 radical (unpaired) electrons. The summed E-state index contributed by atoms with van der Waals surface area (Å²) in [4.78, 5) is 25.7. The molecular weight excluding hydrogens is 274 g/mol. The maximum Gasteiger partial charge on any atom is 0.260 e. The van der Waals surface area contributed by atoms with Gasteiger partial charge in [-0.3, -0.25) is 14.5 Å². The largest absolute Gasteiger partial charge is 0.278 e. The van der Waals surface area contributed by atoms with E-state index in [0.29, 0.717) is 16.1 Å². The first-order chi connectivity index (χ1) is 9.50. The molecule has 0 saturated carbocycles. The van der Waals surface area contributed by atoms with Gasteiger partial charge in [-0.15, -0.1) is 0 Å². The Morgan fingerprint density at radius 3 is 2.15 bits per heavy atom. The Kier molecular flexibility index (Phi) is 4.20. The third kappa shape index (κ3) is 2.89. The number of carbonyl (C=O) groups is 2. The van der Waals surface area contributed by atoms with Crippen molar-refractivity contribution >= 4 is 23.4 Å². The van der Waals surface area contributed by atoms with Crippen molar-refractivity contribution in [1.82, 2.24) is 4.90 Å². The zero-order valence-corrected chi connectivity index (χ0v) is 12.0. The van der Waals surface area contributed by atoms with Gasteiger partial charge in [0, 0.05) is 23.2 Å². The number of nitrogens with zero attached hydrogens (tertiary/aromatic N) is 1. The van der Waals surface area contributed by atoms with E-state index in [-0.39, 0.29) is 11.8 Å². The van der Waals surface area contributed by atoms with Crippen LogP contribution in [0.15, 0.2) is 48.5 Å². The summed E-state index contributed by atoms with van der Waals surface area (Å²) in [5, 5.41) is 0.550. The maximum absolute atomic E-state index is 12.3. The Hall–Kier alpha value is -2.13. The Morgan fingerprint density at radius 1 is 0.950 bits per heavy atom. The maximum atomic E-state index is 12.3. The lowest BCUT2D eigenvalue weighted by molar-refractivity contribution is 0.0655. The van der Waals surface area contributed by atoms with Crippen molar-refractivity contribution in [2.24, 2.45) is 0 Å². The van der Waals surface area contributed by atoms with Crippen LogP contribution in [0.4, 0.5) is 0 Å². The highest BCUT2D eigenvalue weighted by Gasteiger charge is 2.20. The molecule has 0 aliphatic rings. The average Bonchev–Trinajstić information content (AvgIpc) is 2.46. The number of rotatable bonds is 2. The summed E-state index contributed by atoms with van der Waals surface area (Å²) in [6, 6.07) is 13.6. The SMILES string of the molecule is Cc1ccccc1C(=O)N(C)C(=O)c1ccc(Cl)cc1. The second kappa shape index (κ2) is 5.88. The number of imide groups is 1. The summed E-state index contributed by atoms with van der Waals surface area (Å²) >= 11 is 5.78. The number of amides is 2. The van der Waals surface area contributed by atoms with E-state index in [0.717, 1.165) is 10.5 Å². The van der Waals surface area contributed by atoms with Crippen molar-refractivity contribution in [3.63, 3.8) is 0 Å². The van der Waals surface area contributed by atoms with Crippen LogP contribution < -0.4 is 0 Å². The third-order valence-electron chi connectivity index (χ3n) is 3.08. The minimum Gasteiger partial charge on any atom is -0.278 e. The normalized spacial score (nSPS) is 10.2. The zero-order chi connectivity index (χ0) is 14.7. The minimum atomic E-state index is -0.352. The number of hydrogen-bond acceptors (Lipinski definition) is 2. The van der Waals surface area contributed by atoms with Crippen molar-refractivity contribution in [3.8, 4) is 0 Å². The Morgan fingerprint density at radius 2 is 1.55 bits per heavy atom. The molecule has 2 aromatic carbocycles. The van der Waals surface area contributed by atoms with Gasteiger partial charge in [0.1, 0.15) is 0 Å². The van der Waals surface area contributed by atoms with Crippen LogP contribution in [0, 0.1) is 6.92 Å². The van der Waals surface area contributed by atoms with Crippen LogP contribution in [0.1, 0.15) is 26.3 Å². The van der Waals surface area contributed by atoms with Crippen LogP contribution in [0.3, 0.4) is 0 Å². The molecule has 2 amide bonds. The molecule has 20 heavy (non-hydrogen) atoms. The van der Waals surface area contributed by atoms with E-state index in [1.165, 1.54) is 7.05 Å². The van der Waals surface area contributed by atoms with Crippen molar-refractivity contribution in [3.05, 3.63) is 70.2 Å². The van der Waals surface area contributed by atoms with Crippen LogP contribution in [-0.4, -0.2) is 23.8 Å². The topological polar surface area (TPSA) is 37.4 Å².